The zero-order valence-corrected chi connectivity index (χ0v) is 42.6. The highest BCUT2D eigenvalue weighted by Crippen LogP contribution is 2.17. The molecule has 0 aromatic rings. The van der Waals surface area contributed by atoms with Gasteiger partial charge in [-0.15, -0.1) is 0 Å². The fourth-order valence-corrected chi connectivity index (χ4v) is 8.50. The van der Waals surface area contributed by atoms with E-state index in [2.05, 4.69) is 32.9 Å². The molecule has 6 heteroatoms. The largest absolute Gasteiger partial charge is 0.462 e. The molecule has 0 N–H and O–H groups in total. The zero-order valence-electron chi connectivity index (χ0n) is 42.6. The van der Waals surface area contributed by atoms with Gasteiger partial charge in [-0.3, -0.25) is 14.4 Å². The Bertz CT molecular complexity index is 978. The maximum Gasteiger partial charge on any atom is 0.306 e. The minimum absolute atomic E-state index is 0.0667. The molecular formula is C57H108O6. The lowest BCUT2D eigenvalue weighted by molar-refractivity contribution is -0.167. The third-order valence-corrected chi connectivity index (χ3v) is 12.8. The number of hydrogen-bond donors (Lipinski definition) is 0. The first kappa shape index (κ1) is 61.1. The molecule has 0 aliphatic heterocycles. The summed E-state index contributed by atoms with van der Waals surface area (Å²) in [6.45, 7) is 6.68. The fourth-order valence-electron chi connectivity index (χ4n) is 8.50. The SMILES string of the molecule is CCCCCCCCC/C=C\CCCCCCCC(=O)OC[C@@H](COC(=O)CCCCCCCCCCCCCCC)OC(=O)CCCCCCCCCCCCCCCCCC. The zero-order chi connectivity index (χ0) is 45.8. The lowest BCUT2D eigenvalue weighted by atomic mass is 10.0. The highest BCUT2D eigenvalue weighted by Gasteiger charge is 2.19. The Balaban J connectivity index is 4.32. The molecule has 0 aromatic carbocycles. The molecule has 0 heterocycles. The summed E-state index contributed by atoms with van der Waals surface area (Å²) in [4.78, 5) is 38.1. The maximum absolute atomic E-state index is 12.8. The Hall–Kier alpha value is -1.85. The highest BCUT2D eigenvalue weighted by molar-refractivity contribution is 5.71. The van der Waals surface area contributed by atoms with Crippen molar-refractivity contribution in [2.45, 2.75) is 322 Å². The first-order chi connectivity index (χ1) is 31.0. The lowest BCUT2D eigenvalue weighted by Gasteiger charge is -2.18. The van der Waals surface area contributed by atoms with Crippen LogP contribution in [0.3, 0.4) is 0 Å². The van der Waals surface area contributed by atoms with Crippen LogP contribution in [0.2, 0.25) is 0 Å². The average molecular weight is 889 g/mol. The van der Waals surface area contributed by atoms with E-state index in [1.807, 2.05) is 0 Å². The summed E-state index contributed by atoms with van der Waals surface area (Å²) < 4.78 is 16.9. The summed E-state index contributed by atoms with van der Waals surface area (Å²) >= 11 is 0. The second kappa shape index (κ2) is 52.8. The van der Waals surface area contributed by atoms with Crippen molar-refractivity contribution in [1.82, 2.24) is 0 Å². The van der Waals surface area contributed by atoms with Crippen molar-refractivity contribution in [3.05, 3.63) is 12.2 Å². The number of carbonyl (C=O) groups excluding carboxylic acids is 3. The molecule has 0 spiro atoms. The van der Waals surface area contributed by atoms with Gasteiger partial charge in [0.05, 0.1) is 0 Å². The van der Waals surface area contributed by atoms with Crippen LogP contribution in [-0.4, -0.2) is 37.2 Å². The van der Waals surface area contributed by atoms with Gasteiger partial charge in [-0.05, 0) is 44.9 Å². The summed E-state index contributed by atoms with van der Waals surface area (Å²) in [6.07, 6.45) is 59.1. The number of unbranched alkanes of at least 4 members (excludes halogenated alkanes) is 39. The number of rotatable bonds is 52. The van der Waals surface area contributed by atoms with Crippen molar-refractivity contribution in [3.63, 3.8) is 0 Å². The molecular weight excluding hydrogens is 781 g/mol. The standard InChI is InChI=1S/C57H108O6/c1-4-7-10-13-16-19-22-25-27-29-32-35-38-41-44-47-50-56(59)62-53-54(52-61-55(58)49-46-43-40-37-34-31-24-21-18-15-12-9-6-3)63-57(60)51-48-45-42-39-36-33-30-28-26-23-20-17-14-11-8-5-2/h27,29,54H,4-26,28,30-53H2,1-3H3/b29-27-/t54-/m1/s1. The van der Waals surface area contributed by atoms with E-state index in [9.17, 15) is 14.4 Å². The van der Waals surface area contributed by atoms with Crippen LogP contribution in [0.1, 0.15) is 316 Å². The fraction of sp³-hybridized carbons (Fsp3) is 0.912. The van der Waals surface area contributed by atoms with Crippen molar-refractivity contribution < 1.29 is 28.6 Å². The lowest BCUT2D eigenvalue weighted by Crippen LogP contribution is -2.30. The molecule has 0 aliphatic carbocycles. The van der Waals surface area contributed by atoms with Crippen molar-refractivity contribution in [2.75, 3.05) is 13.2 Å². The summed E-state index contributed by atoms with van der Waals surface area (Å²) in [5.41, 5.74) is 0. The topological polar surface area (TPSA) is 78.9 Å². The van der Waals surface area contributed by atoms with Crippen LogP contribution in [0.15, 0.2) is 12.2 Å². The number of carbonyl (C=O) groups is 3. The van der Waals surface area contributed by atoms with Crippen LogP contribution in [0.25, 0.3) is 0 Å². The van der Waals surface area contributed by atoms with Crippen LogP contribution < -0.4 is 0 Å². The Kier molecular flexibility index (Phi) is 51.2. The molecule has 0 radical (unpaired) electrons. The van der Waals surface area contributed by atoms with Crippen molar-refractivity contribution in [1.29, 1.82) is 0 Å². The number of esters is 3. The van der Waals surface area contributed by atoms with E-state index >= 15 is 0 Å². The van der Waals surface area contributed by atoms with E-state index in [0.29, 0.717) is 19.3 Å². The molecule has 0 unspecified atom stereocenters. The molecule has 1 atom stereocenters. The third kappa shape index (κ3) is 51.0. The van der Waals surface area contributed by atoms with Crippen LogP contribution in [-0.2, 0) is 28.6 Å². The first-order valence-corrected chi connectivity index (χ1v) is 28.2. The minimum Gasteiger partial charge on any atom is -0.462 e. The van der Waals surface area contributed by atoms with Crippen molar-refractivity contribution >= 4 is 17.9 Å². The van der Waals surface area contributed by atoms with Crippen LogP contribution >= 0.6 is 0 Å². The molecule has 0 bridgehead atoms. The van der Waals surface area contributed by atoms with Gasteiger partial charge < -0.3 is 14.2 Å². The predicted molar refractivity (Wildman–Crippen MR) is 270 cm³/mol. The summed E-state index contributed by atoms with van der Waals surface area (Å²) in [6, 6.07) is 0. The Morgan fingerprint density at radius 3 is 0.794 bits per heavy atom. The first-order valence-electron chi connectivity index (χ1n) is 28.2. The molecule has 63 heavy (non-hydrogen) atoms. The molecule has 0 saturated carbocycles. The van der Waals surface area contributed by atoms with Gasteiger partial charge >= 0.3 is 17.9 Å². The Morgan fingerprint density at radius 2 is 0.524 bits per heavy atom. The second-order valence-electron chi connectivity index (χ2n) is 19.2. The molecule has 0 fully saturated rings. The predicted octanol–water partition coefficient (Wildman–Crippen LogP) is 18.5. The summed E-state index contributed by atoms with van der Waals surface area (Å²) in [5.74, 6) is -0.853. The normalized spacial score (nSPS) is 12.0. The van der Waals surface area contributed by atoms with E-state index in [0.717, 1.165) is 64.2 Å². The molecule has 0 aliphatic rings. The van der Waals surface area contributed by atoms with E-state index in [4.69, 9.17) is 14.2 Å². The number of allylic oxidation sites excluding steroid dienone is 2. The van der Waals surface area contributed by atoms with Crippen LogP contribution in [0, 0.1) is 0 Å². The van der Waals surface area contributed by atoms with E-state index in [-0.39, 0.29) is 31.1 Å². The summed E-state index contributed by atoms with van der Waals surface area (Å²) in [5, 5.41) is 0. The quantitative estimate of drug-likeness (QED) is 0.0262. The maximum atomic E-state index is 12.8. The van der Waals surface area contributed by atoms with Crippen molar-refractivity contribution in [2.24, 2.45) is 0 Å². The van der Waals surface area contributed by atoms with Gasteiger partial charge in [0.1, 0.15) is 13.2 Å². The highest BCUT2D eigenvalue weighted by atomic mass is 16.6. The number of ether oxygens (including phenoxy) is 3. The van der Waals surface area contributed by atoms with E-state index < -0.39 is 6.10 Å². The number of hydrogen-bond acceptors (Lipinski definition) is 6. The van der Waals surface area contributed by atoms with Gasteiger partial charge in [0, 0.05) is 19.3 Å². The van der Waals surface area contributed by atoms with Crippen LogP contribution in [0.4, 0.5) is 0 Å². The van der Waals surface area contributed by atoms with Gasteiger partial charge in [0.25, 0.3) is 0 Å². The monoisotopic (exact) mass is 889 g/mol. The molecule has 0 amide bonds. The third-order valence-electron chi connectivity index (χ3n) is 12.8. The summed E-state index contributed by atoms with van der Waals surface area (Å²) in [7, 11) is 0. The van der Waals surface area contributed by atoms with Gasteiger partial charge in [0.15, 0.2) is 6.10 Å². The molecule has 372 valence electrons. The Morgan fingerprint density at radius 1 is 0.302 bits per heavy atom. The van der Waals surface area contributed by atoms with Gasteiger partial charge in [-0.1, -0.05) is 264 Å². The smallest absolute Gasteiger partial charge is 0.306 e. The molecule has 0 aromatic heterocycles. The van der Waals surface area contributed by atoms with Gasteiger partial charge in [-0.2, -0.15) is 0 Å². The van der Waals surface area contributed by atoms with Gasteiger partial charge in [0.2, 0.25) is 0 Å². The van der Waals surface area contributed by atoms with E-state index in [1.165, 1.54) is 212 Å². The molecule has 0 saturated heterocycles. The minimum atomic E-state index is -0.767. The molecule has 6 nitrogen and oxygen atoms in total. The van der Waals surface area contributed by atoms with Crippen molar-refractivity contribution in [3.8, 4) is 0 Å². The van der Waals surface area contributed by atoms with Crippen LogP contribution in [0.5, 0.6) is 0 Å². The molecule has 0 rings (SSSR count). The Labute approximate surface area is 392 Å². The second-order valence-corrected chi connectivity index (χ2v) is 19.2. The van der Waals surface area contributed by atoms with E-state index in [1.54, 1.807) is 0 Å². The average Bonchev–Trinajstić information content (AvgIpc) is 3.28. The van der Waals surface area contributed by atoms with Gasteiger partial charge in [-0.25, -0.2) is 0 Å².